The summed E-state index contributed by atoms with van der Waals surface area (Å²) in [5, 5.41) is 11.9. The maximum atomic E-state index is 12.7. The summed E-state index contributed by atoms with van der Waals surface area (Å²) in [6, 6.07) is 17.6. The Morgan fingerprint density at radius 3 is 2.54 bits per heavy atom. The van der Waals surface area contributed by atoms with Gasteiger partial charge >= 0.3 is 0 Å². The van der Waals surface area contributed by atoms with Gasteiger partial charge in [0.05, 0.1) is 17.6 Å². The van der Waals surface area contributed by atoms with Crippen LogP contribution in [0.25, 0.3) is 0 Å². The molecule has 0 saturated heterocycles. The van der Waals surface area contributed by atoms with Crippen molar-refractivity contribution in [3.63, 3.8) is 0 Å². The van der Waals surface area contributed by atoms with Gasteiger partial charge in [-0.2, -0.15) is 5.26 Å². The van der Waals surface area contributed by atoms with Crippen molar-refractivity contribution in [2.24, 2.45) is 0 Å². The molecule has 28 heavy (non-hydrogen) atoms. The summed E-state index contributed by atoms with van der Waals surface area (Å²) in [6.45, 7) is 0. The number of para-hydroxylation sites is 1. The van der Waals surface area contributed by atoms with E-state index in [1.54, 1.807) is 48.5 Å². The minimum atomic E-state index is -0.315. The number of hydrogen-bond acceptors (Lipinski definition) is 7. The van der Waals surface area contributed by atoms with Crippen LogP contribution in [0.15, 0.2) is 66.0 Å². The second-order valence-electron chi connectivity index (χ2n) is 5.64. The normalized spacial score (nSPS) is 10.1. The van der Waals surface area contributed by atoms with Crippen LogP contribution >= 0.6 is 11.8 Å². The van der Waals surface area contributed by atoms with E-state index in [1.807, 2.05) is 12.1 Å². The average Bonchev–Trinajstić information content (AvgIpc) is 2.73. The molecular formula is C20H15N5O2S. The van der Waals surface area contributed by atoms with Crippen molar-refractivity contribution in [2.45, 2.75) is 5.16 Å². The molecule has 7 nitrogen and oxygen atoms in total. The second kappa shape index (κ2) is 8.79. The summed E-state index contributed by atoms with van der Waals surface area (Å²) in [5.74, 6) is -0.393. The van der Waals surface area contributed by atoms with Gasteiger partial charge in [0.25, 0.3) is 0 Å². The Hall–Kier alpha value is -3.70. The SMILES string of the molecule is N#Cc1cnc(SCC(=O)Nc2ccccc2C(=O)c2ccccc2)nc1N. The lowest BCUT2D eigenvalue weighted by molar-refractivity contribution is -0.113. The predicted molar refractivity (Wildman–Crippen MR) is 107 cm³/mol. The molecule has 0 bridgehead atoms. The molecule has 0 atom stereocenters. The fraction of sp³-hybridized carbons (Fsp3) is 0.0500. The van der Waals surface area contributed by atoms with E-state index in [9.17, 15) is 9.59 Å². The van der Waals surface area contributed by atoms with E-state index in [0.29, 0.717) is 22.0 Å². The average molecular weight is 389 g/mol. The minimum Gasteiger partial charge on any atom is -0.382 e. The Bertz CT molecular complexity index is 1060. The number of hydrogen-bond donors (Lipinski definition) is 2. The molecule has 8 heteroatoms. The highest BCUT2D eigenvalue weighted by Crippen LogP contribution is 2.21. The summed E-state index contributed by atoms with van der Waals surface area (Å²) >= 11 is 1.08. The number of ketones is 1. The Labute approximate surface area is 165 Å². The smallest absolute Gasteiger partial charge is 0.234 e. The number of nitrogens with one attached hydrogen (secondary N) is 1. The third-order valence-electron chi connectivity index (χ3n) is 3.73. The first kappa shape index (κ1) is 19.1. The molecule has 2 aromatic carbocycles. The lowest BCUT2D eigenvalue weighted by atomic mass is 10.0. The van der Waals surface area contributed by atoms with E-state index in [-0.39, 0.29) is 28.8 Å². The van der Waals surface area contributed by atoms with Crippen LogP contribution in [0.3, 0.4) is 0 Å². The zero-order valence-electron chi connectivity index (χ0n) is 14.6. The van der Waals surface area contributed by atoms with Gasteiger partial charge in [0, 0.05) is 11.1 Å². The molecular weight excluding hydrogens is 374 g/mol. The van der Waals surface area contributed by atoms with Gasteiger partial charge in [0.1, 0.15) is 17.5 Å². The number of rotatable bonds is 6. The van der Waals surface area contributed by atoms with Crippen LogP contribution in [0.2, 0.25) is 0 Å². The summed E-state index contributed by atoms with van der Waals surface area (Å²) in [4.78, 5) is 33.0. The standard InChI is InChI=1S/C20H15N5O2S/c21-10-14-11-23-20(25-19(14)22)28-12-17(26)24-16-9-5-4-8-15(16)18(27)13-6-2-1-3-7-13/h1-9,11H,12H2,(H,24,26)(H2,22,23,25). The summed E-state index contributed by atoms with van der Waals surface area (Å²) in [7, 11) is 0. The molecule has 3 N–H and O–H groups in total. The first-order valence-corrected chi connectivity index (χ1v) is 9.21. The topological polar surface area (TPSA) is 122 Å². The lowest BCUT2D eigenvalue weighted by Crippen LogP contribution is -2.17. The molecule has 1 amide bonds. The van der Waals surface area contributed by atoms with Gasteiger partial charge in [-0.15, -0.1) is 0 Å². The molecule has 0 radical (unpaired) electrons. The number of thioether (sulfide) groups is 1. The Morgan fingerprint density at radius 1 is 1.11 bits per heavy atom. The molecule has 3 aromatic rings. The number of carbonyl (C=O) groups is 2. The van der Waals surface area contributed by atoms with E-state index in [0.717, 1.165) is 11.8 Å². The van der Waals surface area contributed by atoms with E-state index < -0.39 is 0 Å². The molecule has 0 aliphatic heterocycles. The van der Waals surface area contributed by atoms with Crippen molar-refractivity contribution >= 4 is 35.0 Å². The first-order valence-electron chi connectivity index (χ1n) is 8.22. The van der Waals surface area contributed by atoms with Crippen molar-refractivity contribution < 1.29 is 9.59 Å². The Kier molecular flexibility index (Phi) is 5.99. The number of carbonyl (C=O) groups excluding carboxylic acids is 2. The Balaban J connectivity index is 1.69. The number of nitrogens with two attached hydrogens (primary N) is 1. The summed E-state index contributed by atoms with van der Waals surface area (Å²) in [5.41, 5.74) is 7.21. The quantitative estimate of drug-likeness (QED) is 0.377. The molecule has 0 fully saturated rings. The molecule has 0 spiro atoms. The van der Waals surface area contributed by atoms with E-state index >= 15 is 0 Å². The summed E-state index contributed by atoms with van der Waals surface area (Å²) in [6.07, 6.45) is 1.32. The number of nitrogen functional groups attached to an aromatic ring is 1. The van der Waals surface area contributed by atoms with Crippen molar-refractivity contribution in [1.29, 1.82) is 5.26 Å². The fourth-order valence-electron chi connectivity index (χ4n) is 2.39. The highest BCUT2D eigenvalue weighted by Gasteiger charge is 2.15. The predicted octanol–water partition coefficient (Wildman–Crippen LogP) is 2.89. The summed E-state index contributed by atoms with van der Waals surface area (Å²) < 4.78 is 0. The number of benzene rings is 2. The van der Waals surface area contributed by atoms with E-state index in [4.69, 9.17) is 11.0 Å². The third-order valence-corrected chi connectivity index (χ3v) is 4.59. The number of aromatic nitrogens is 2. The molecule has 0 unspecified atom stereocenters. The monoisotopic (exact) mass is 389 g/mol. The van der Waals surface area contributed by atoms with Gasteiger partial charge in [-0.1, -0.05) is 54.2 Å². The first-order chi connectivity index (χ1) is 13.6. The maximum absolute atomic E-state index is 12.7. The van der Waals surface area contributed by atoms with Crippen LogP contribution in [-0.4, -0.2) is 27.4 Å². The lowest BCUT2D eigenvalue weighted by Gasteiger charge is -2.10. The molecule has 0 aliphatic carbocycles. The van der Waals surface area contributed by atoms with Gasteiger partial charge in [0.15, 0.2) is 10.9 Å². The number of nitrogens with zero attached hydrogens (tertiary/aromatic N) is 3. The van der Waals surface area contributed by atoms with Crippen LogP contribution in [0, 0.1) is 11.3 Å². The van der Waals surface area contributed by atoms with Crippen LogP contribution < -0.4 is 11.1 Å². The van der Waals surface area contributed by atoms with Crippen LogP contribution in [0.4, 0.5) is 11.5 Å². The zero-order chi connectivity index (χ0) is 19.9. The molecule has 0 saturated carbocycles. The van der Waals surface area contributed by atoms with Crippen molar-refractivity contribution in [2.75, 3.05) is 16.8 Å². The second-order valence-corrected chi connectivity index (χ2v) is 6.58. The van der Waals surface area contributed by atoms with Crippen molar-refractivity contribution in [1.82, 2.24) is 9.97 Å². The van der Waals surface area contributed by atoms with Crippen LogP contribution in [-0.2, 0) is 4.79 Å². The van der Waals surface area contributed by atoms with Gasteiger partial charge in [-0.3, -0.25) is 9.59 Å². The molecule has 0 aliphatic rings. The van der Waals surface area contributed by atoms with Crippen molar-refractivity contribution in [3.05, 3.63) is 77.5 Å². The number of nitriles is 1. The van der Waals surface area contributed by atoms with Gasteiger partial charge in [-0.25, -0.2) is 9.97 Å². The Morgan fingerprint density at radius 2 is 1.82 bits per heavy atom. The van der Waals surface area contributed by atoms with Crippen molar-refractivity contribution in [3.8, 4) is 6.07 Å². The van der Waals surface area contributed by atoms with E-state index in [1.165, 1.54) is 6.20 Å². The minimum absolute atomic E-state index is 0.0270. The maximum Gasteiger partial charge on any atom is 0.234 e. The van der Waals surface area contributed by atoms with Crippen LogP contribution in [0.1, 0.15) is 21.5 Å². The highest BCUT2D eigenvalue weighted by molar-refractivity contribution is 7.99. The molecule has 1 aromatic heterocycles. The van der Waals surface area contributed by atoms with Gasteiger partial charge < -0.3 is 11.1 Å². The highest BCUT2D eigenvalue weighted by atomic mass is 32.2. The fourth-order valence-corrected chi connectivity index (χ4v) is 3.01. The van der Waals surface area contributed by atoms with Gasteiger partial charge in [0.2, 0.25) is 5.91 Å². The largest absolute Gasteiger partial charge is 0.382 e. The van der Waals surface area contributed by atoms with Gasteiger partial charge in [-0.05, 0) is 12.1 Å². The van der Waals surface area contributed by atoms with E-state index in [2.05, 4.69) is 15.3 Å². The molecule has 1 heterocycles. The number of amides is 1. The third kappa shape index (κ3) is 4.52. The zero-order valence-corrected chi connectivity index (χ0v) is 15.4. The number of anilines is 2. The molecule has 138 valence electrons. The molecule has 3 rings (SSSR count). The van der Waals surface area contributed by atoms with Crippen LogP contribution in [0.5, 0.6) is 0 Å².